The van der Waals surface area contributed by atoms with Crippen LogP contribution in [-0.4, -0.2) is 16.1 Å². The topological polar surface area (TPSA) is 42.4 Å². The summed E-state index contributed by atoms with van der Waals surface area (Å²) in [6.45, 7) is -0.839. The van der Waals surface area contributed by atoms with E-state index in [1.54, 1.807) is 0 Å². The Bertz CT molecular complexity index is 1020. The molecule has 0 spiro atoms. The maximum atomic E-state index is 14.3. The number of aromatic nitrogens is 1. The summed E-state index contributed by atoms with van der Waals surface area (Å²) < 4.78 is 77.8. The Morgan fingerprint density at radius 1 is 1.03 bits per heavy atom. The minimum Gasteiger partial charge on any atom is -0.486 e. The highest BCUT2D eigenvalue weighted by Crippen LogP contribution is 2.40. The number of aliphatic hydroxyl groups excluding tert-OH is 1. The maximum absolute atomic E-state index is 14.3. The molecule has 0 aliphatic carbocycles. The standard InChI is InChI=1S/C20H15ClF5NO2S/c21-13-6-3-12(4-7-13)18-14(19(30-27-18)20(24,25)26)10-29-15-8-5-11(2-1-9-28)16(22)17(15)23/h3-8,28H,1-2,9-10H2. The van der Waals surface area contributed by atoms with Crippen LogP contribution in [0.2, 0.25) is 5.02 Å². The molecule has 1 heterocycles. The summed E-state index contributed by atoms with van der Waals surface area (Å²) >= 11 is 6.08. The third kappa shape index (κ3) is 4.91. The van der Waals surface area contributed by atoms with Gasteiger partial charge in [-0.15, -0.1) is 0 Å². The van der Waals surface area contributed by atoms with E-state index in [1.807, 2.05) is 0 Å². The van der Waals surface area contributed by atoms with Crippen molar-refractivity contribution in [2.45, 2.75) is 25.6 Å². The summed E-state index contributed by atoms with van der Waals surface area (Å²) in [5, 5.41) is 9.22. The first-order valence-corrected chi connectivity index (χ1v) is 9.89. The van der Waals surface area contributed by atoms with Crippen LogP contribution in [-0.2, 0) is 19.2 Å². The molecule has 0 saturated heterocycles. The molecule has 0 amide bonds. The van der Waals surface area contributed by atoms with E-state index < -0.39 is 35.0 Å². The molecule has 160 valence electrons. The lowest BCUT2D eigenvalue weighted by molar-refractivity contribution is -0.135. The molecular formula is C20H15ClF5NO2S. The summed E-state index contributed by atoms with van der Waals surface area (Å²) in [5.74, 6) is -2.96. The molecule has 3 rings (SSSR count). The van der Waals surface area contributed by atoms with Gasteiger partial charge in [0.05, 0.1) is 5.69 Å². The lowest BCUT2D eigenvalue weighted by Gasteiger charge is -2.13. The van der Waals surface area contributed by atoms with Crippen molar-refractivity contribution in [2.75, 3.05) is 6.61 Å². The number of halogens is 6. The molecule has 1 aromatic heterocycles. The first-order valence-electron chi connectivity index (χ1n) is 8.74. The average molecular weight is 464 g/mol. The van der Waals surface area contributed by atoms with Gasteiger partial charge in [-0.2, -0.15) is 21.9 Å². The van der Waals surface area contributed by atoms with E-state index in [1.165, 1.54) is 30.3 Å². The normalized spacial score (nSPS) is 11.7. The van der Waals surface area contributed by atoms with Crippen LogP contribution >= 0.6 is 23.1 Å². The van der Waals surface area contributed by atoms with E-state index >= 15 is 0 Å². The van der Waals surface area contributed by atoms with Crippen LogP contribution in [0.1, 0.15) is 22.4 Å². The highest BCUT2D eigenvalue weighted by atomic mass is 35.5. The molecule has 0 saturated carbocycles. The Hall–Kier alpha value is -2.23. The third-order valence-corrected chi connectivity index (χ3v) is 5.45. The van der Waals surface area contributed by atoms with Crippen molar-refractivity contribution in [3.05, 3.63) is 69.1 Å². The van der Waals surface area contributed by atoms with Gasteiger partial charge in [0, 0.05) is 22.8 Å². The molecule has 3 aromatic rings. The number of benzene rings is 2. The summed E-state index contributed by atoms with van der Waals surface area (Å²) in [7, 11) is 0. The number of hydrogen-bond donors (Lipinski definition) is 1. The number of aliphatic hydroxyl groups is 1. The van der Waals surface area contributed by atoms with Gasteiger partial charge >= 0.3 is 6.18 Å². The number of ether oxygens (including phenoxy) is 1. The van der Waals surface area contributed by atoms with Crippen LogP contribution in [0.15, 0.2) is 36.4 Å². The predicted molar refractivity (Wildman–Crippen MR) is 104 cm³/mol. The minimum absolute atomic E-state index is 0.0319. The Balaban J connectivity index is 1.92. The summed E-state index contributed by atoms with van der Waals surface area (Å²) in [6, 6.07) is 8.47. The molecule has 3 nitrogen and oxygen atoms in total. The predicted octanol–water partition coefficient (Wildman–Crippen LogP) is 6.26. The first-order chi connectivity index (χ1) is 14.2. The van der Waals surface area contributed by atoms with Gasteiger partial charge in [-0.05, 0) is 48.1 Å². The van der Waals surface area contributed by atoms with E-state index in [2.05, 4.69) is 4.37 Å². The Labute approximate surface area is 177 Å². The second kappa shape index (κ2) is 9.28. The summed E-state index contributed by atoms with van der Waals surface area (Å²) in [5.41, 5.74) is 0.183. The molecule has 0 unspecified atom stereocenters. The van der Waals surface area contributed by atoms with E-state index in [-0.39, 0.29) is 47.8 Å². The van der Waals surface area contributed by atoms with Gasteiger partial charge in [0.25, 0.3) is 0 Å². The van der Waals surface area contributed by atoms with Crippen LogP contribution < -0.4 is 4.74 Å². The van der Waals surface area contributed by atoms with Gasteiger partial charge in [-0.25, -0.2) is 4.39 Å². The van der Waals surface area contributed by atoms with Crippen molar-refractivity contribution >= 4 is 23.1 Å². The third-order valence-electron chi connectivity index (χ3n) is 4.27. The van der Waals surface area contributed by atoms with Crippen LogP contribution in [0.25, 0.3) is 11.3 Å². The van der Waals surface area contributed by atoms with Crippen LogP contribution in [0, 0.1) is 11.6 Å². The number of aryl methyl sites for hydroxylation is 1. The monoisotopic (exact) mass is 463 g/mol. The van der Waals surface area contributed by atoms with Crippen molar-refractivity contribution in [3.63, 3.8) is 0 Å². The lowest BCUT2D eigenvalue weighted by atomic mass is 10.1. The minimum atomic E-state index is -4.68. The smallest absolute Gasteiger partial charge is 0.427 e. The van der Waals surface area contributed by atoms with E-state index in [0.717, 1.165) is 6.07 Å². The number of alkyl halides is 3. The summed E-state index contributed by atoms with van der Waals surface area (Å²) in [4.78, 5) is -0.979. The molecule has 0 aliphatic rings. The van der Waals surface area contributed by atoms with E-state index in [9.17, 15) is 22.0 Å². The molecule has 2 aromatic carbocycles. The second-order valence-electron chi connectivity index (χ2n) is 6.31. The molecular weight excluding hydrogens is 449 g/mol. The molecule has 30 heavy (non-hydrogen) atoms. The Kier molecular flexibility index (Phi) is 6.95. The van der Waals surface area contributed by atoms with Crippen molar-refractivity contribution in [1.29, 1.82) is 0 Å². The van der Waals surface area contributed by atoms with Gasteiger partial charge in [0.15, 0.2) is 11.6 Å². The fourth-order valence-corrected chi connectivity index (χ4v) is 3.69. The molecule has 0 radical (unpaired) electrons. The van der Waals surface area contributed by atoms with E-state index in [0.29, 0.717) is 10.6 Å². The SMILES string of the molecule is OCCCc1ccc(OCc2c(-c3ccc(Cl)cc3)nsc2C(F)(F)F)c(F)c1F. The second-order valence-corrected chi connectivity index (χ2v) is 7.52. The van der Waals surface area contributed by atoms with Crippen LogP contribution in [0.4, 0.5) is 22.0 Å². The lowest BCUT2D eigenvalue weighted by Crippen LogP contribution is -2.09. The van der Waals surface area contributed by atoms with Gasteiger partial charge < -0.3 is 9.84 Å². The largest absolute Gasteiger partial charge is 0.486 e. The number of hydrogen-bond acceptors (Lipinski definition) is 4. The van der Waals surface area contributed by atoms with E-state index in [4.69, 9.17) is 21.4 Å². The Morgan fingerprint density at radius 3 is 2.37 bits per heavy atom. The first kappa shape index (κ1) is 22.5. The van der Waals surface area contributed by atoms with Crippen molar-refractivity contribution < 1.29 is 31.8 Å². The van der Waals surface area contributed by atoms with Crippen molar-refractivity contribution in [2.24, 2.45) is 0 Å². The zero-order valence-electron chi connectivity index (χ0n) is 15.3. The zero-order valence-corrected chi connectivity index (χ0v) is 16.8. The maximum Gasteiger partial charge on any atom is 0.427 e. The highest BCUT2D eigenvalue weighted by Gasteiger charge is 2.38. The van der Waals surface area contributed by atoms with Crippen molar-refractivity contribution in [1.82, 2.24) is 4.37 Å². The molecule has 0 atom stereocenters. The van der Waals surface area contributed by atoms with Gasteiger partial charge in [0.2, 0.25) is 5.82 Å². The van der Waals surface area contributed by atoms with Gasteiger partial charge in [-0.1, -0.05) is 29.8 Å². The molecule has 1 N–H and O–H groups in total. The average Bonchev–Trinajstić information content (AvgIpc) is 3.13. The molecule has 0 fully saturated rings. The van der Waals surface area contributed by atoms with Gasteiger partial charge in [-0.3, -0.25) is 0 Å². The Morgan fingerprint density at radius 2 is 1.73 bits per heavy atom. The fraction of sp³-hybridized carbons (Fsp3) is 0.250. The molecule has 10 heteroatoms. The highest BCUT2D eigenvalue weighted by molar-refractivity contribution is 7.06. The number of nitrogens with zero attached hydrogens (tertiary/aromatic N) is 1. The molecule has 0 aliphatic heterocycles. The summed E-state index contributed by atoms with van der Waals surface area (Å²) in [6.07, 6.45) is -4.32. The molecule has 0 bridgehead atoms. The van der Waals surface area contributed by atoms with Crippen molar-refractivity contribution in [3.8, 4) is 17.0 Å². The fourth-order valence-electron chi connectivity index (χ4n) is 2.80. The van der Waals surface area contributed by atoms with Crippen LogP contribution in [0.5, 0.6) is 5.75 Å². The number of rotatable bonds is 7. The van der Waals surface area contributed by atoms with Gasteiger partial charge in [0.1, 0.15) is 11.5 Å². The van der Waals surface area contributed by atoms with Crippen LogP contribution in [0.3, 0.4) is 0 Å². The quantitative estimate of drug-likeness (QED) is 0.420. The zero-order chi connectivity index (χ0) is 21.9.